The first-order valence-electron chi connectivity index (χ1n) is 8.14. The summed E-state index contributed by atoms with van der Waals surface area (Å²) in [4.78, 5) is 23.3. The van der Waals surface area contributed by atoms with E-state index in [4.69, 9.17) is 28.3 Å². The van der Waals surface area contributed by atoms with Crippen LogP contribution >= 0.6 is 23.2 Å². The molecule has 2 atom stereocenters. The van der Waals surface area contributed by atoms with Crippen molar-refractivity contribution in [2.75, 3.05) is 0 Å². The van der Waals surface area contributed by atoms with E-state index in [2.05, 4.69) is 10.4 Å². The maximum Gasteiger partial charge on any atom is 0.308 e. The van der Waals surface area contributed by atoms with Crippen molar-refractivity contribution in [2.45, 2.75) is 40.2 Å². The monoisotopic (exact) mass is 397 g/mol. The van der Waals surface area contributed by atoms with Crippen LogP contribution in [0.15, 0.2) is 18.2 Å². The number of carbonyl (C=O) groups excluding carboxylic acids is 1. The van der Waals surface area contributed by atoms with E-state index in [0.29, 0.717) is 10.0 Å². The number of aliphatic carboxylic acids is 1. The van der Waals surface area contributed by atoms with Gasteiger partial charge in [-0.3, -0.25) is 9.59 Å². The minimum absolute atomic E-state index is 0.121. The van der Waals surface area contributed by atoms with Gasteiger partial charge in [0.15, 0.2) is 0 Å². The van der Waals surface area contributed by atoms with Gasteiger partial charge in [0.05, 0.1) is 33.8 Å². The van der Waals surface area contributed by atoms with Crippen LogP contribution in [0.1, 0.15) is 30.8 Å². The number of nitrogens with one attached hydrogen (secondary N) is 1. The molecular weight excluding hydrogens is 377 g/mol. The van der Waals surface area contributed by atoms with Crippen molar-refractivity contribution in [1.29, 1.82) is 0 Å². The summed E-state index contributed by atoms with van der Waals surface area (Å²) >= 11 is 12.0. The normalized spacial score (nSPS) is 13.3. The van der Waals surface area contributed by atoms with Crippen molar-refractivity contribution in [2.24, 2.45) is 5.92 Å². The van der Waals surface area contributed by atoms with Gasteiger partial charge in [-0.15, -0.1) is 0 Å². The topological polar surface area (TPSA) is 84.2 Å². The van der Waals surface area contributed by atoms with Gasteiger partial charge in [0.2, 0.25) is 5.91 Å². The molecule has 2 aromatic rings. The third-order valence-corrected chi connectivity index (χ3v) is 5.19. The van der Waals surface area contributed by atoms with Crippen LogP contribution in [-0.2, 0) is 16.0 Å². The minimum atomic E-state index is -0.947. The number of hydrogen-bond donors (Lipinski definition) is 2. The Labute approximate surface area is 162 Å². The van der Waals surface area contributed by atoms with Crippen molar-refractivity contribution in [3.05, 3.63) is 45.2 Å². The van der Waals surface area contributed by atoms with Gasteiger partial charge in [0, 0.05) is 17.3 Å². The van der Waals surface area contributed by atoms with Crippen molar-refractivity contribution < 1.29 is 14.7 Å². The Morgan fingerprint density at radius 1 is 1.23 bits per heavy atom. The molecule has 0 aliphatic carbocycles. The molecule has 1 aromatic carbocycles. The predicted octanol–water partition coefficient (Wildman–Crippen LogP) is 3.56. The highest BCUT2D eigenvalue weighted by Crippen LogP contribution is 2.26. The summed E-state index contributed by atoms with van der Waals surface area (Å²) in [5, 5.41) is 17.1. The average molecular weight is 398 g/mol. The summed E-state index contributed by atoms with van der Waals surface area (Å²) in [6.07, 6.45) is 0.121. The van der Waals surface area contributed by atoms with Crippen molar-refractivity contribution in [3.8, 4) is 5.69 Å². The zero-order valence-electron chi connectivity index (χ0n) is 15.0. The third-order valence-electron chi connectivity index (χ3n) is 4.45. The lowest BCUT2D eigenvalue weighted by Gasteiger charge is -2.17. The summed E-state index contributed by atoms with van der Waals surface area (Å²) in [5.41, 5.74) is 3.08. The maximum absolute atomic E-state index is 12.3. The van der Waals surface area contributed by atoms with Crippen LogP contribution in [-0.4, -0.2) is 32.8 Å². The highest BCUT2D eigenvalue weighted by atomic mass is 35.5. The SMILES string of the molecule is Cc1nn(-c2ccc(Cl)c(Cl)c2)c(C)c1CC(=O)NC(C)C(C)C(=O)O. The maximum atomic E-state index is 12.3. The number of aromatic nitrogens is 2. The first kappa shape index (κ1) is 20.3. The Hall–Kier alpha value is -2.05. The van der Waals surface area contributed by atoms with E-state index in [1.165, 1.54) is 0 Å². The van der Waals surface area contributed by atoms with Crippen LogP contribution in [0.3, 0.4) is 0 Å². The second-order valence-electron chi connectivity index (χ2n) is 6.32. The predicted molar refractivity (Wildman–Crippen MR) is 101 cm³/mol. The highest BCUT2D eigenvalue weighted by molar-refractivity contribution is 6.42. The summed E-state index contributed by atoms with van der Waals surface area (Å²) in [7, 11) is 0. The number of aryl methyl sites for hydroxylation is 1. The summed E-state index contributed by atoms with van der Waals surface area (Å²) in [6.45, 7) is 6.93. The van der Waals surface area contributed by atoms with Gasteiger partial charge in [-0.2, -0.15) is 5.10 Å². The van der Waals surface area contributed by atoms with Crippen LogP contribution in [0, 0.1) is 19.8 Å². The Kier molecular flexibility index (Phi) is 6.31. The van der Waals surface area contributed by atoms with Crippen molar-refractivity contribution in [3.63, 3.8) is 0 Å². The Morgan fingerprint density at radius 2 is 1.88 bits per heavy atom. The number of carbonyl (C=O) groups is 2. The molecule has 0 bridgehead atoms. The molecule has 0 saturated heterocycles. The molecule has 2 rings (SSSR count). The molecule has 6 nitrogen and oxygen atoms in total. The largest absolute Gasteiger partial charge is 0.481 e. The fourth-order valence-corrected chi connectivity index (χ4v) is 2.90. The Balaban J connectivity index is 2.21. The van der Waals surface area contributed by atoms with E-state index >= 15 is 0 Å². The van der Waals surface area contributed by atoms with Crippen LogP contribution < -0.4 is 5.32 Å². The molecule has 0 fully saturated rings. The molecule has 1 aromatic heterocycles. The van der Waals surface area contributed by atoms with E-state index < -0.39 is 17.9 Å². The van der Waals surface area contributed by atoms with Gasteiger partial charge in [-0.1, -0.05) is 23.2 Å². The highest BCUT2D eigenvalue weighted by Gasteiger charge is 2.22. The second-order valence-corrected chi connectivity index (χ2v) is 7.13. The number of rotatable bonds is 6. The lowest BCUT2D eigenvalue weighted by Crippen LogP contribution is -2.40. The molecule has 0 radical (unpaired) electrons. The van der Waals surface area contributed by atoms with E-state index in [-0.39, 0.29) is 12.3 Å². The zero-order chi connectivity index (χ0) is 19.6. The summed E-state index contributed by atoms with van der Waals surface area (Å²) in [5.74, 6) is -1.86. The molecule has 2 N–H and O–H groups in total. The molecule has 1 amide bonds. The molecular formula is C18H21Cl2N3O3. The third kappa shape index (κ3) is 4.37. The summed E-state index contributed by atoms with van der Waals surface area (Å²) in [6, 6.07) is 4.74. The number of halogens is 2. The molecule has 140 valence electrons. The number of nitrogens with zero attached hydrogens (tertiary/aromatic N) is 2. The molecule has 8 heteroatoms. The summed E-state index contributed by atoms with van der Waals surface area (Å²) < 4.78 is 1.71. The Bertz CT molecular complexity index is 848. The number of benzene rings is 1. The second kappa shape index (κ2) is 8.10. The van der Waals surface area contributed by atoms with E-state index in [1.807, 2.05) is 13.8 Å². The van der Waals surface area contributed by atoms with Crippen LogP contribution in [0.4, 0.5) is 0 Å². The molecule has 26 heavy (non-hydrogen) atoms. The fourth-order valence-electron chi connectivity index (χ4n) is 2.60. The molecule has 1 heterocycles. The van der Waals surface area contributed by atoms with Crippen molar-refractivity contribution >= 4 is 35.1 Å². The average Bonchev–Trinajstić information content (AvgIpc) is 2.84. The van der Waals surface area contributed by atoms with E-state index in [0.717, 1.165) is 22.6 Å². The number of carboxylic acid groups (broad SMARTS) is 1. The lowest BCUT2D eigenvalue weighted by molar-refractivity contribution is -0.142. The van der Waals surface area contributed by atoms with E-state index in [1.54, 1.807) is 36.7 Å². The molecule has 0 aliphatic heterocycles. The Morgan fingerprint density at radius 3 is 2.46 bits per heavy atom. The van der Waals surface area contributed by atoms with Gasteiger partial charge >= 0.3 is 5.97 Å². The fraction of sp³-hybridized carbons (Fsp3) is 0.389. The standard InChI is InChI=1S/C18H21Cl2N3O3/c1-9(18(25)26)10(2)21-17(24)8-14-11(3)22-23(12(14)4)13-5-6-15(19)16(20)7-13/h5-7,9-10H,8H2,1-4H3,(H,21,24)(H,25,26). The van der Waals surface area contributed by atoms with Gasteiger partial charge in [0.25, 0.3) is 0 Å². The van der Waals surface area contributed by atoms with Gasteiger partial charge in [-0.05, 0) is 45.9 Å². The van der Waals surface area contributed by atoms with Crippen LogP contribution in [0.2, 0.25) is 10.0 Å². The molecule has 0 saturated carbocycles. The van der Waals surface area contributed by atoms with Crippen LogP contribution in [0.25, 0.3) is 5.69 Å². The molecule has 2 unspecified atom stereocenters. The number of carboxylic acids is 1. The first-order valence-corrected chi connectivity index (χ1v) is 8.90. The number of hydrogen-bond acceptors (Lipinski definition) is 3. The van der Waals surface area contributed by atoms with Crippen molar-refractivity contribution in [1.82, 2.24) is 15.1 Å². The molecule has 0 spiro atoms. The van der Waals surface area contributed by atoms with Gasteiger partial charge in [0.1, 0.15) is 0 Å². The minimum Gasteiger partial charge on any atom is -0.481 e. The lowest BCUT2D eigenvalue weighted by atomic mass is 10.0. The van der Waals surface area contributed by atoms with E-state index in [9.17, 15) is 9.59 Å². The first-order chi connectivity index (χ1) is 12.1. The van der Waals surface area contributed by atoms with Gasteiger partial charge in [-0.25, -0.2) is 4.68 Å². The zero-order valence-corrected chi connectivity index (χ0v) is 16.5. The van der Waals surface area contributed by atoms with Gasteiger partial charge < -0.3 is 10.4 Å². The number of amides is 1. The smallest absolute Gasteiger partial charge is 0.308 e. The quantitative estimate of drug-likeness (QED) is 0.779. The molecule has 0 aliphatic rings. The van der Waals surface area contributed by atoms with Crippen LogP contribution in [0.5, 0.6) is 0 Å².